The minimum Gasteiger partial charge on any atom is -0.331 e. The quantitative estimate of drug-likeness (QED) is 0.757. The van der Waals surface area contributed by atoms with Crippen LogP contribution in [0.25, 0.3) is 10.9 Å². The van der Waals surface area contributed by atoms with Crippen LogP contribution < -0.4 is 0 Å². The van der Waals surface area contributed by atoms with Crippen molar-refractivity contribution in [2.75, 3.05) is 0 Å². The van der Waals surface area contributed by atoms with E-state index in [1.807, 2.05) is 11.5 Å². The smallest absolute Gasteiger partial charge is 0.163 e. The lowest BCUT2D eigenvalue weighted by Crippen LogP contribution is -1.97. The number of hydrogen-bond acceptors (Lipinski definition) is 1. The summed E-state index contributed by atoms with van der Waals surface area (Å²) in [5.41, 5.74) is 1.22. The van der Waals surface area contributed by atoms with Gasteiger partial charge in [-0.15, -0.1) is 0 Å². The van der Waals surface area contributed by atoms with Gasteiger partial charge < -0.3 is 4.57 Å². The van der Waals surface area contributed by atoms with Crippen molar-refractivity contribution in [3.63, 3.8) is 0 Å². The zero-order chi connectivity index (χ0) is 12.6. The summed E-state index contributed by atoms with van der Waals surface area (Å²) in [6, 6.07) is 4.41. The van der Waals surface area contributed by atoms with Gasteiger partial charge in [0.25, 0.3) is 0 Å². The fourth-order valence-corrected chi connectivity index (χ4v) is 2.48. The third-order valence-electron chi connectivity index (χ3n) is 2.76. The second-order valence-electron chi connectivity index (χ2n) is 4.04. The molecule has 1 aromatic carbocycles. The number of hydrogen-bond donors (Lipinski definition) is 0. The monoisotopic (exact) mass is 253 g/mol. The zero-order valence-electron chi connectivity index (χ0n) is 9.76. The van der Waals surface area contributed by atoms with Crippen molar-refractivity contribution >= 4 is 28.3 Å². The topological polar surface area (TPSA) is 22.0 Å². The molecule has 0 aliphatic rings. The maximum atomic E-state index is 13.2. The highest BCUT2D eigenvalue weighted by molar-refractivity contribution is 6.35. The van der Waals surface area contributed by atoms with Crippen LogP contribution in [0.1, 0.15) is 30.6 Å². The summed E-state index contributed by atoms with van der Waals surface area (Å²) in [4.78, 5) is 11.6. The molecular weight excluding hydrogens is 241 g/mol. The van der Waals surface area contributed by atoms with Gasteiger partial charge in [-0.3, -0.25) is 4.79 Å². The molecule has 0 atom stereocenters. The highest BCUT2D eigenvalue weighted by atomic mass is 35.5. The van der Waals surface area contributed by atoms with E-state index in [1.165, 1.54) is 19.1 Å². The number of nitrogens with zero attached hydrogens (tertiary/aromatic N) is 1. The Balaban J connectivity index is 2.83. The standard InChI is InChI=1S/C13H13ClFNO/c1-3-6-16-11-5-4-9(15)7-10(11)12(8(2)17)13(16)14/h4-5,7H,3,6H2,1-2H3. The number of carbonyl (C=O) groups is 1. The molecule has 0 spiro atoms. The van der Waals surface area contributed by atoms with Gasteiger partial charge >= 0.3 is 0 Å². The Kier molecular flexibility index (Phi) is 3.20. The van der Waals surface area contributed by atoms with Gasteiger partial charge in [-0.05, 0) is 31.5 Å². The number of carbonyl (C=O) groups excluding carboxylic acids is 1. The first-order valence-corrected chi connectivity index (χ1v) is 5.92. The lowest BCUT2D eigenvalue weighted by Gasteiger charge is -2.04. The molecule has 90 valence electrons. The van der Waals surface area contributed by atoms with Gasteiger partial charge in [-0.25, -0.2) is 4.39 Å². The molecule has 1 heterocycles. The molecule has 4 heteroatoms. The predicted octanol–water partition coefficient (Wildman–Crippen LogP) is 4.05. The van der Waals surface area contributed by atoms with E-state index in [1.54, 1.807) is 6.07 Å². The number of benzene rings is 1. The number of aromatic nitrogens is 1. The lowest BCUT2D eigenvalue weighted by molar-refractivity contribution is 0.101. The Labute approximate surface area is 104 Å². The Morgan fingerprint density at radius 1 is 1.47 bits per heavy atom. The summed E-state index contributed by atoms with van der Waals surface area (Å²) in [5.74, 6) is -0.495. The molecule has 2 aromatic rings. The molecule has 0 radical (unpaired) electrons. The predicted molar refractivity (Wildman–Crippen MR) is 67.2 cm³/mol. The maximum Gasteiger partial charge on any atom is 0.163 e. The highest BCUT2D eigenvalue weighted by Gasteiger charge is 2.18. The van der Waals surface area contributed by atoms with Gasteiger partial charge in [-0.1, -0.05) is 18.5 Å². The molecule has 2 rings (SSSR count). The second kappa shape index (κ2) is 4.49. The first-order valence-electron chi connectivity index (χ1n) is 5.54. The van der Waals surface area contributed by atoms with Gasteiger partial charge in [0.1, 0.15) is 11.0 Å². The highest BCUT2D eigenvalue weighted by Crippen LogP contribution is 2.31. The Morgan fingerprint density at radius 2 is 2.18 bits per heavy atom. The number of fused-ring (bicyclic) bond motifs is 1. The van der Waals surface area contributed by atoms with Crippen LogP contribution in [0.15, 0.2) is 18.2 Å². The van der Waals surface area contributed by atoms with Gasteiger partial charge in [0.15, 0.2) is 5.78 Å². The van der Waals surface area contributed by atoms with Crippen molar-refractivity contribution in [3.8, 4) is 0 Å². The summed E-state index contributed by atoms with van der Waals surface area (Å²) >= 11 is 6.20. The Hall–Kier alpha value is -1.35. The molecule has 0 unspecified atom stereocenters. The van der Waals surface area contributed by atoms with Crippen LogP contribution in [0.3, 0.4) is 0 Å². The van der Waals surface area contributed by atoms with Crippen LogP contribution in [-0.4, -0.2) is 10.4 Å². The van der Waals surface area contributed by atoms with Crippen LogP contribution in [0.4, 0.5) is 4.39 Å². The molecule has 0 saturated carbocycles. The molecule has 17 heavy (non-hydrogen) atoms. The molecule has 0 aliphatic heterocycles. The van der Waals surface area contributed by atoms with E-state index in [9.17, 15) is 9.18 Å². The van der Waals surface area contributed by atoms with Crippen LogP contribution in [0.2, 0.25) is 5.15 Å². The number of ketones is 1. The maximum absolute atomic E-state index is 13.2. The van der Waals surface area contributed by atoms with E-state index >= 15 is 0 Å². The van der Waals surface area contributed by atoms with Crippen molar-refractivity contribution in [1.82, 2.24) is 4.57 Å². The third-order valence-corrected chi connectivity index (χ3v) is 3.15. The normalized spacial score (nSPS) is 11.1. The van der Waals surface area contributed by atoms with Gasteiger partial charge in [0, 0.05) is 11.9 Å². The van der Waals surface area contributed by atoms with Crippen LogP contribution >= 0.6 is 11.6 Å². The molecular formula is C13H13ClFNO. The molecule has 2 nitrogen and oxygen atoms in total. The van der Waals surface area contributed by atoms with E-state index in [0.717, 1.165) is 11.9 Å². The fraction of sp³-hybridized carbons (Fsp3) is 0.308. The number of Topliss-reactive ketones (excluding diaryl/α,β-unsaturated/α-hetero) is 1. The van der Waals surface area contributed by atoms with E-state index in [4.69, 9.17) is 11.6 Å². The van der Waals surface area contributed by atoms with E-state index in [0.29, 0.717) is 22.6 Å². The van der Waals surface area contributed by atoms with Gasteiger partial charge in [0.2, 0.25) is 0 Å². The van der Waals surface area contributed by atoms with E-state index in [-0.39, 0.29) is 11.6 Å². The first-order chi connectivity index (χ1) is 8.06. The van der Waals surface area contributed by atoms with Crippen LogP contribution in [0, 0.1) is 5.82 Å². The number of aryl methyl sites for hydroxylation is 1. The lowest BCUT2D eigenvalue weighted by atomic mass is 10.1. The van der Waals surface area contributed by atoms with Crippen molar-refractivity contribution in [2.24, 2.45) is 0 Å². The van der Waals surface area contributed by atoms with Crippen molar-refractivity contribution in [1.29, 1.82) is 0 Å². The molecule has 0 N–H and O–H groups in total. The largest absolute Gasteiger partial charge is 0.331 e. The molecule has 0 bridgehead atoms. The molecule has 0 fully saturated rings. The summed E-state index contributed by atoms with van der Waals surface area (Å²) in [6.07, 6.45) is 0.901. The van der Waals surface area contributed by atoms with Gasteiger partial charge in [-0.2, -0.15) is 0 Å². The average Bonchev–Trinajstić information content (AvgIpc) is 2.52. The van der Waals surface area contributed by atoms with E-state index < -0.39 is 0 Å². The van der Waals surface area contributed by atoms with Crippen molar-refractivity contribution in [3.05, 3.63) is 34.7 Å². The van der Waals surface area contributed by atoms with Crippen molar-refractivity contribution in [2.45, 2.75) is 26.8 Å². The fourth-order valence-electron chi connectivity index (χ4n) is 2.07. The average molecular weight is 254 g/mol. The Bertz CT molecular complexity index is 589. The number of halogens is 2. The minimum absolute atomic E-state index is 0.138. The number of rotatable bonds is 3. The third kappa shape index (κ3) is 1.95. The molecule has 1 aromatic heterocycles. The summed E-state index contributed by atoms with van der Waals surface area (Å²) in [5, 5.41) is 0.996. The molecule has 0 saturated heterocycles. The summed E-state index contributed by atoms with van der Waals surface area (Å²) in [6.45, 7) is 4.19. The van der Waals surface area contributed by atoms with Crippen LogP contribution in [0.5, 0.6) is 0 Å². The SMILES string of the molecule is CCCn1c(Cl)c(C(C)=O)c2cc(F)ccc21. The second-order valence-corrected chi connectivity index (χ2v) is 4.39. The molecule has 0 amide bonds. The zero-order valence-corrected chi connectivity index (χ0v) is 10.5. The van der Waals surface area contributed by atoms with Crippen LogP contribution in [-0.2, 0) is 6.54 Å². The summed E-state index contributed by atoms with van der Waals surface area (Å²) in [7, 11) is 0. The summed E-state index contributed by atoms with van der Waals surface area (Å²) < 4.78 is 15.1. The van der Waals surface area contributed by atoms with E-state index in [2.05, 4.69) is 0 Å². The minimum atomic E-state index is -0.356. The van der Waals surface area contributed by atoms with Crippen molar-refractivity contribution < 1.29 is 9.18 Å². The molecule has 0 aliphatic carbocycles. The van der Waals surface area contributed by atoms with Gasteiger partial charge in [0.05, 0.1) is 11.1 Å². The Morgan fingerprint density at radius 3 is 2.76 bits per heavy atom. The first kappa shape index (κ1) is 12.1.